The fourth-order valence-corrected chi connectivity index (χ4v) is 3.61. The molecule has 0 aliphatic rings. The Kier molecular flexibility index (Phi) is 17.7. The first kappa shape index (κ1) is 37.7. The maximum Gasteiger partial charge on any atom is 3.00 e. The topological polar surface area (TPSA) is 137 Å². The van der Waals surface area contributed by atoms with Crippen molar-refractivity contribution in [3.63, 3.8) is 0 Å². The predicted octanol–water partition coefficient (Wildman–Crippen LogP) is 1.18. The van der Waals surface area contributed by atoms with Gasteiger partial charge in [-0.3, -0.25) is 10.9 Å². The van der Waals surface area contributed by atoms with Gasteiger partial charge in [-0.1, -0.05) is 72.2 Å². The maximum atomic E-state index is 11.9. The summed E-state index contributed by atoms with van der Waals surface area (Å²) in [5.74, 6) is 0.132. The van der Waals surface area contributed by atoms with Gasteiger partial charge in [0.2, 0.25) is 0 Å². The van der Waals surface area contributed by atoms with Crippen LogP contribution in [-0.4, -0.2) is 36.9 Å². The number of hydrazone groups is 2. The van der Waals surface area contributed by atoms with E-state index in [1.54, 1.807) is 36.4 Å². The minimum atomic E-state index is -0.215. The summed E-state index contributed by atoms with van der Waals surface area (Å²) < 4.78 is 9.92. The fourth-order valence-electron chi connectivity index (χ4n) is 3.27. The number of rotatable bonds is 8. The average Bonchev–Trinajstić information content (AvgIpc) is 3.00. The summed E-state index contributed by atoms with van der Waals surface area (Å²) in [6, 6.07) is 28.9. The first-order valence-electron chi connectivity index (χ1n) is 12.4. The van der Waals surface area contributed by atoms with E-state index in [-0.39, 0.29) is 54.9 Å². The molecule has 229 valence electrons. The van der Waals surface area contributed by atoms with Crippen molar-refractivity contribution in [2.45, 2.75) is 0 Å². The molecule has 0 fully saturated rings. The van der Waals surface area contributed by atoms with E-state index in [0.717, 1.165) is 11.4 Å². The normalized spacial score (nSPS) is 9.86. The fraction of sp³-hybridized carbons (Fsp3) is 0.0667. The van der Waals surface area contributed by atoms with Crippen LogP contribution in [0.2, 0.25) is 0 Å². The van der Waals surface area contributed by atoms with Gasteiger partial charge >= 0.3 is 19.5 Å². The Morgan fingerprint density at radius 1 is 0.614 bits per heavy atom. The van der Waals surface area contributed by atoms with Crippen LogP contribution < -0.4 is 53.6 Å². The zero-order valence-corrected chi connectivity index (χ0v) is 27.6. The number of hydrogen-bond donors (Lipinski definition) is 4. The molecule has 0 aromatic heterocycles. The molecule has 0 aliphatic heterocycles. The van der Waals surface area contributed by atoms with E-state index < -0.39 is 0 Å². The second-order valence-corrected chi connectivity index (χ2v) is 8.95. The summed E-state index contributed by atoms with van der Waals surface area (Å²) in [5, 5.41) is 38.2. The summed E-state index contributed by atoms with van der Waals surface area (Å²) in [4.78, 5) is 0. The molecule has 14 heteroatoms. The number of thiocarbonyl (C=S) groups is 2. The molecule has 1 radical (unpaired) electrons. The molecule has 0 saturated heterocycles. The molecule has 0 aliphatic carbocycles. The molecule has 0 atom stereocenters. The minimum absolute atomic E-state index is 0. The average molecular weight is 737 g/mol. The van der Waals surface area contributed by atoms with Crippen LogP contribution in [0, 0.1) is 0 Å². The van der Waals surface area contributed by atoms with E-state index >= 15 is 0 Å². The van der Waals surface area contributed by atoms with Gasteiger partial charge < -0.3 is 42.7 Å². The van der Waals surface area contributed by atoms with Crippen LogP contribution in [0.4, 0.5) is 11.4 Å². The second kappa shape index (κ2) is 20.6. The number of ether oxygens (including phenoxy) is 2. The number of anilines is 2. The first-order valence-corrected chi connectivity index (χ1v) is 13.2. The van der Waals surface area contributed by atoms with Crippen LogP contribution in [0.25, 0.3) is 0 Å². The van der Waals surface area contributed by atoms with Crippen molar-refractivity contribution in [1.82, 2.24) is 10.9 Å². The van der Waals surface area contributed by atoms with E-state index in [4.69, 9.17) is 33.9 Å². The molecule has 4 rings (SSSR count). The smallest absolute Gasteiger partial charge is 1.00 e. The monoisotopic (exact) mass is 737 g/mol. The van der Waals surface area contributed by atoms with Gasteiger partial charge in [-0.25, -0.2) is 0 Å². The van der Waals surface area contributed by atoms with Gasteiger partial charge in [0.15, 0.2) is 10.2 Å². The molecule has 0 unspecified atom stereocenters. The summed E-state index contributed by atoms with van der Waals surface area (Å²) in [7, 11) is 2.91. The number of hydrogen-bond acceptors (Lipinski definition) is 8. The van der Waals surface area contributed by atoms with Crippen molar-refractivity contribution < 1.29 is 51.6 Å². The third kappa shape index (κ3) is 12.5. The third-order valence-corrected chi connectivity index (χ3v) is 5.65. The third-order valence-electron chi connectivity index (χ3n) is 5.26. The Morgan fingerprint density at radius 2 is 0.977 bits per heavy atom. The van der Waals surface area contributed by atoms with Gasteiger partial charge in [-0.2, -0.15) is 10.2 Å². The Balaban J connectivity index is 0.000000421. The van der Waals surface area contributed by atoms with Gasteiger partial charge in [0, 0.05) is 11.4 Å². The van der Waals surface area contributed by atoms with Crippen molar-refractivity contribution in [2.24, 2.45) is 10.2 Å². The maximum absolute atomic E-state index is 11.9. The zero-order chi connectivity index (χ0) is 30.2. The van der Waals surface area contributed by atoms with Crippen LogP contribution in [0.5, 0.6) is 23.0 Å². The largest absolute Gasteiger partial charge is 3.00 e. The van der Waals surface area contributed by atoms with Crippen LogP contribution in [-0.2, 0) is 19.5 Å². The standard InChI is InChI=1S/2C15H15N3O2S.ClH.Ru/c2*1-20-13-9-5-6-11(14(13)19)10-16-18-15(21)17-12-7-3-2-4-8-12;;/h2*2-10,19H,1H3,(H2,17,18,21);1H;/q;;;+3/p-3/b2*16-10-;;. The molecular weight excluding hydrogens is 709 g/mol. The van der Waals surface area contributed by atoms with E-state index in [1.807, 2.05) is 60.7 Å². The van der Waals surface area contributed by atoms with Crippen molar-refractivity contribution in [3.8, 4) is 23.0 Å². The summed E-state index contributed by atoms with van der Waals surface area (Å²) in [6.45, 7) is 0. The molecule has 0 heterocycles. The second-order valence-electron chi connectivity index (χ2n) is 8.14. The molecule has 0 spiro atoms. The van der Waals surface area contributed by atoms with Gasteiger partial charge in [0.25, 0.3) is 0 Å². The Hall–Kier alpha value is -4.29. The Bertz CT molecular complexity index is 1420. The summed E-state index contributed by atoms with van der Waals surface area (Å²) in [5.41, 5.74) is 7.87. The van der Waals surface area contributed by atoms with E-state index in [9.17, 15) is 10.2 Å². The predicted molar refractivity (Wildman–Crippen MR) is 172 cm³/mol. The Labute approximate surface area is 285 Å². The van der Waals surface area contributed by atoms with E-state index in [1.165, 1.54) is 26.6 Å². The molecule has 0 bridgehead atoms. The van der Waals surface area contributed by atoms with Crippen molar-refractivity contribution in [1.29, 1.82) is 0 Å². The molecule has 4 N–H and O–H groups in total. The van der Waals surface area contributed by atoms with Crippen molar-refractivity contribution in [2.75, 3.05) is 24.9 Å². The first-order chi connectivity index (χ1) is 20.4. The SMILES string of the molecule is COc1cccc(/C=N\NC(=S)Nc2ccccc2)c1[O-].COc1cccc(/C=N\NC(=S)Nc2ccccc2)c1[O-].[Cl-].[Ru+3]. The van der Waals surface area contributed by atoms with Gasteiger partial charge in [0.05, 0.1) is 26.6 Å². The number of halogens is 1. The molecule has 4 aromatic carbocycles. The molecular formula is C30H28ClN6O4RuS2. The van der Waals surface area contributed by atoms with Gasteiger partial charge in [-0.15, -0.1) is 0 Å². The summed E-state index contributed by atoms with van der Waals surface area (Å²) >= 11 is 10.2. The zero-order valence-electron chi connectivity index (χ0n) is 23.5. The van der Waals surface area contributed by atoms with Gasteiger partial charge in [0.1, 0.15) is 11.5 Å². The van der Waals surface area contributed by atoms with Crippen molar-refractivity contribution >= 4 is 58.5 Å². The quantitative estimate of drug-likeness (QED) is 0.0904. The molecule has 0 amide bonds. The van der Waals surface area contributed by atoms with Crippen LogP contribution >= 0.6 is 24.4 Å². The minimum Gasteiger partial charge on any atom is -1.00 e. The Morgan fingerprint density at radius 3 is 1.32 bits per heavy atom. The number of benzene rings is 4. The van der Waals surface area contributed by atoms with E-state index in [0.29, 0.717) is 21.4 Å². The van der Waals surface area contributed by atoms with Gasteiger partial charge in [-0.05, 0) is 72.0 Å². The molecule has 0 saturated carbocycles. The number of nitrogens with zero attached hydrogens (tertiary/aromatic N) is 2. The number of para-hydroxylation sites is 4. The molecule has 44 heavy (non-hydrogen) atoms. The van der Waals surface area contributed by atoms with Crippen LogP contribution in [0.1, 0.15) is 11.1 Å². The number of nitrogens with one attached hydrogen (secondary N) is 4. The number of methoxy groups -OCH3 is 2. The molecule has 4 aromatic rings. The van der Waals surface area contributed by atoms with E-state index in [2.05, 4.69) is 31.7 Å². The summed E-state index contributed by atoms with van der Waals surface area (Å²) in [6.07, 6.45) is 2.81. The van der Waals surface area contributed by atoms with Crippen LogP contribution in [0.3, 0.4) is 0 Å². The van der Waals surface area contributed by atoms with Crippen molar-refractivity contribution in [3.05, 3.63) is 108 Å². The van der Waals surface area contributed by atoms with Crippen LogP contribution in [0.15, 0.2) is 107 Å². The molecule has 10 nitrogen and oxygen atoms in total.